The number of halogens is 4. The second-order valence-corrected chi connectivity index (χ2v) is 7.94. The molecule has 0 saturated heterocycles. The number of anilines is 1. The third-order valence-corrected chi connectivity index (χ3v) is 5.64. The van der Waals surface area contributed by atoms with E-state index in [-0.39, 0.29) is 33.0 Å². The zero-order valence-corrected chi connectivity index (χ0v) is 16.6. The van der Waals surface area contributed by atoms with E-state index in [1.165, 1.54) is 36.5 Å². The van der Waals surface area contributed by atoms with E-state index in [1.807, 2.05) is 4.72 Å². The van der Waals surface area contributed by atoms with Crippen molar-refractivity contribution in [2.24, 2.45) is 0 Å². The van der Waals surface area contributed by atoms with Gasteiger partial charge in [-0.05, 0) is 41.9 Å². The Labute approximate surface area is 174 Å². The van der Waals surface area contributed by atoms with Crippen LogP contribution in [0.2, 0.25) is 10.3 Å². The highest BCUT2D eigenvalue weighted by Crippen LogP contribution is 2.32. The molecule has 3 aromatic rings. The molecule has 6 nitrogen and oxygen atoms in total. The highest BCUT2D eigenvalue weighted by atomic mass is 35.5. The fourth-order valence-corrected chi connectivity index (χ4v) is 4.08. The van der Waals surface area contributed by atoms with Gasteiger partial charge in [0.15, 0.2) is 4.90 Å². The molecule has 2 N–H and O–H groups in total. The van der Waals surface area contributed by atoms with E-state index in [0.29, 0.717) is 0 Å². The molecule has 0 unspecified atom stereocenters. The van der Waals surface area contributed by atoms with Crippen molar-refractivity contribution in [1.82, 2.24) is 9.97 Å². The predicted octanol–water partition coefficient (Wildman–Crippen LogP) is 4.92. The van der Waals surface area contributed by atoms with Crippen molar-refractivity contribution >= 4 is 50.7 Å². The van der Waals surface area contributed by atoms with Crippen molar-refractivity contribution in [2.75, 3.05) is 4.72 Å². The van der Waals surface area contributed by atoms with Crippen LogP contribution in [0, 0.1) is 11.6 Å². The standard InChI is InChI=1S/C18H11Cl2F2N3O3S/c19-16-11(15(26)9-10-7-8-23-18(20)24-10)3-1-6-14(16)25-29(27,28)17-12(21)4-2-5-13(17)22/h1-9,25-26H/b15-9+. The van der Waals surface area contributed by atoms with Crippen molar-refractivity contribution < 1.29 is 22.3 Å². The van der Waals surface area contributed by atoms with E-state index in [0.717, 1.165) is 18.2 Å². The largest absolute Gasteiger partial charge is 0.507 e. The molecule has 11 heteroatoms. The van der Waals surface area contributed by atoms with Gasteiger partial charge in [-0.15, -0.1) is 0 Å². The second kappa shape index (κ2) is 8.32. The maximum atomic E-state index is 13.9. The molecule has 0 spiro atoms. The van der Waals surface area contributed by atoms with Gasteiger partial charge in [-0.1, -0.05) is 23.7 Å². The van der Waals surface area contributed by atoms with Gasteiger partial charge in [0.1, 0.15) is 17.4 Å². The Kier molecular flexibility index (Phi) is 6.02. The van der Waals surface area contributed by atoms with Gasteiger partial charge < -0.3 is 5.11 Å². The Morgan fingerprint density at radius 1 is 1.07 bits per heavy atom. The molecule has 0 bridgehead atoms. The van der Waals surface area contributed by atoms with Crippen LogP contribution in [0.3, 0.4) is 0 Å². The average molecular weight is 458 g/mol. The molecule has 0 aliphatic heterocycles. The number of aromatic nitrogens is 2. The molecule has 1 aromatic heterocycles. The molecule has 0 aliphatic rings. The highest BCUT2D eigenvalue weighted by Gasteiger charge is 2.25. The van der Waals surface area contributed by atoms with Crippen LogP contribution in [-0.4, -0.2) is 23.5 Å². The lowest BCUT2D eigenvalue weighted by Crippen LogP contribution is -2.17. The Hall–Kier alpha value is -2.75. The lowest BCUT2D eigenvalue weighted by Gasteiger charge is -2.13. The molecule has 0 aliphatic carbocycles. The first kappa shape index (κ1) is 21.0. The van der Waals surface area contributed by atoms with Crippen molar-refractivity contribution in [2.45, 2.75) is 4.90 Å². The van der Waals surface area contributed by atoms with Crippen LogP contribution in [-0.2, 0) is 10.0 Å². The lowest BCUT2D eigenvalue weighted by atomic mass is 10.1. The normalized spacial score (nSPS) is 12.1. The maximum Gasteiger partial charge on any atom is 0.267 e. The minimum atomic E-state index is -4.63. The molecule has 0 atom stereocenters. The third-order valence-electron chi connectivity index (χ3n) is 3.64. The molecular formula is C18H11Cl2F2N3O3S. The molecule has 2 aromatic carbocycles. The predicted molar refractivity (Wildman–Crippen MR) is 106 cm³/mol. The van der Waals surface area contributed by atoms with Crippen LogP contribution in [0.5, 0.6) is 0 Å². The van der Waals surface area contributed by atoms with E-state index >= 15 is 0 Å². The monoisotopic (exact) mass is 457 g/mol. The van der Waals surface area contributed by atoms with Gasteiger partial charge in [-0.2, -0.15) is 0 Å². The van der Waals surface area contributed by atoms with E-state index in [9.17, 15) is 22.3 Å². The van der Waals surface area contributed by atoms with Gasteiger partial charge in [0.25, 0.3) is 10.0 Å². The molecule has 150 valence electrons. The number of rotatable bonds is 5. The molecule has 1 heterocycles. The number of nitrogens with zero attached hydrogens (tertiary/aromatic N) is 2. The van der Waals surface area contributed by atoms with E-state index in [1.54, 1.807) is 0 Å². The SMILES string of the molecule is O=S(=O)(Nc1cccc(/C(O)=C\c2ccnc(Cl)n2)c1Cl)c1c(F)cccc1F. The quantitative estimate of drug-likeness (QED) is 0.419. The fourth-order valence-electron chi connectivity index (χ4n) is 2.39. The second-order valence-electron chi connectivity index (χ2n) is 5.60. The summed E-state index contributed by atoms with van der Waals surface area (Å²) in [5.74, 6) is -2.86. The van der Waals surface area contributed by atoms with Crippen molar-refractivity contribution in [1.29, 1.82) is 0 Å². The Morgan fingerprint density at radius 3 is 2.38 bits per heavy atom. The molecule has 0 fully saturated rings. The molecule has 29 heavy (non-hydrogen) atoms. The average Bonchev–Trinajstić information content (AvgIpc) is 2.63. The number of benzene rings is 2. The first-order chi connectivity index (χ1) is 13.7. The lowest BCUT2D eigenvalue weighted by molar-refractivity contribution is 0.515. The van der Waals surface area contributed by atoms with Gasteiger partial charge >= 0.3 is 0 Å². The smallest absolute Gasteiger partial charge is 0.267 e. The number of aliphatic hydroxyl groups excluding tert-OH is 1. The number of aliphatic hydroxyl groups is 1. The summed E-state index contributed by atoms with van der Waals surface area (Å²) in [6, 6.07) is 8.24. The molecule has 3 rings (SSSR count). The first-order valence-electron chi connectivity index (χ1n) is 7.84. The highest BCUT2D eigenvalue weighted by molar-refractivity contribution is 7.92. The van der Waals surface area contributed by atoms with Crippen LogP contribution in [0.1, 0.15) is 11.3 Å². The van der Waals surface area contributed by atoms with Crippen molar-refractivity contribution in [3.8, 4) is 0 Å². The van der Waals surface area contributed by atoms with Gasteiger partial charge in [-0.3, -0.25) is 4.72 Å². The Morgan fingerprint density at radius 2 is 1.72 bits per heavy atom. The van der Waals surface area contributed by atoms with Crippen molar-refractivity contribution in [3.63, 3.8) is 0 Å². The summed E-state index contributed by atoms with van der Waals surface area (Å²) in [6.45, 7) is 0. The summed E-state index contributed by atoms with van der Waals surface area (Å²) in [6.07, 6.45) is 2.62. The van der Waals surface area contributed by atoms with E-state index < -0.39 is 26.6 Å². The van der Waals surface area contributed by atoms with Crippen LogP contribution in [0.15, 0.2) is 53.6 Å². The summed E-state index contributed by atoms with van der Waals surface area (Å²) >= 11 is 11.9. The molecule has 0 amide bonds. The van der Waals surface area contributed by atoms with Crippen LogP contribution >= 0.6 is 23.2 Å². The number of hydrogen-bond donors (Lipinski definition) is 2. The van der Waals surface area contributed by atoms with E-state index in [2.05, 4.69) is 9.97 Å². The topological polar surface area (TPSA) is 92.2 Å². The molecule has 0 saturated carbocycles. The maximum absolute atomic E-state index is 13.9. The Bertz CT molecular complexity index is 1200. The zero-order chi connectivity index (χ0) is 21.2. The van der Waals surface area contributed by atoms with Gasteiger partial charge in [0, 0.05) is 17.8 Å². The fraction of sp³-hybridized carbons (Fsp3) is 0. The number of sulfonamides is 1. The zero-order valence-electron chi connectivity index (χ0n) is 14.3. The summed E-state index contributed by atoms with van der Waals surface area (Å²) in [7, 11) is -4.63. The first-order valence-corrected chi connectivity index (χ1v) is 10.1. The molecule has 0 radical (unpaired) electrons. The van der Waals surface area contributed by atoms with E-state index in [4.69, 9.17) is 23.2 Å². The minimum Gasteiger partial charge on any atom is -0.507 e. The van der Waals surface area contributed by atoms with Crippen LogP contribution in [0.4, 0.5) is 14.5 Å². The Balaban J connectivity index is 1.99. The van der Waals surface area contributed by atoms with Gasteiger partial charge in [-0.25, -0.2) is 27.2 Å². The van der Waals surface area contributed by atoms with Crippen LogP contribution in [0.25, 0.3) is 11.8 Å². The van der Waals surface area contributed by atoms with Crippen molar-refractivity contribution in [3.05, 3.63) is 81.9 Å². The number of hydrogen-bond acceptors (Lipinski definition) is 5. The summed E-state index contributed by atoms with van der Waals surface area (Å²) in [4.78, 5) is 6.46. The third kappa shape index (κ3) is 4.64. The van der Waals surface area contributed by atoms with Gasteiger partial charge in [0.05, 0.1) is 16.4 Å². The number of nitrogens with one attached hydrogen (secondary N) is 1. The molecular weight excluding hydrogens is 447 g/mol. The summed E-state index contributed by atoms with van der Waals surface area (Å²) < 4.78 is 54.7. The summed E-state index contributed by atoms with van der Waals surface area (Å²) in [5, 5.41) is 10.1. The minimum absolute atomic E-state index is 0.0360. The van der Waals surface area contributed by atoms with Gasteiger partial charge in [0.2, 0.25) is 5.28 Å². The summed E-state index contributed by atoms with van der Waals surface area (Å²) in [5.41, 5.74) is 0.140. The van der Waals surface area contributed by atoms with Crippen LogP contribution < -0.4 is 4.72 Å².